The minimum absolute atomic E-state index is 0.533. The van der Waals surface area contributed by atoms with E-state index in [-0.39, 0.29) is 0 Å². The van der Waals surface area contributed by atoms with E-state index in [1.165, 1.54) is 25.7 Å². The Kier molecular flexibility index (Phi) is 2.06. The fraction of sp³-hybridized carbons (Fsp3) is 1.00. The molecule has 0 amide bonds. The lowest BCUT2D eigenvalue weighted by atomic mass is 9.59. The molecule has 1 heteroatoms. The molecule has 0 aliphatic heterocycles. The molecule has 0 aromatic carbocycles. The van der Waals surface area contributed by atoms with E-state index in [2.05, 4.69) is 27.7 Å². The molecule has 0 saturated heterocycles. The third-order valence-electron chi connectivity index (χ3n) is 4.26. The van der Waals surface area contributed by atoms with Gasteiger partial charge in [0.05, 0.1) is 0 Å². The third kappa shape index (κ3) is 1.71. The molecular weight excluding hydrogens is 170 g/mol. The van der Waals surface area contributed by atoms with Crippen LogP contribution in [-0.4, -0.2) is 6.54 Å². The molecule has 1 atom stereocenters. The van der Waals surface area contributed by atoms with Crippen LogP contribution in [-0.2, 0) is 0 Å². The van der Waals surface area contributed by atoms with Crippen molar-refractivity contribution in [2.24, 2.45) is 27.9 Å². The Bertz CT molecular complexity index is 224. The van der Waals surface area contributed by atoms with Crippen molar-refractivity contribution in [2.75, 3.05) is 6.54 Å². The van der Waals surface area contributed by atoms with Gasteiger partial charge in [0, 0.05) is 0 Å². The predicted molar refractivity (Wildman–Crippen MR) is 61.0 cm³/mol. The zero-order valence-electron chi connectivity index (χ0n) is 10.2. The number of nitrogens with two attached hydrogens (primary N) is 1. The lowest BCUT2D eigenvalue weighted by Crippen LogP contribution is -2.36. The van der Waals surface area contributed by atoms with Crippen LogP contribution in [0.5, 0.6) is 0 Å². The monoisotopic (exact) mass is 195 g/mol. The number of rotatable bonds is 1. The Morgan fingerprint density at radius 2 is 1.50 bits per heavy atom. The Balaban J connectivity index is 2.15. The van der Waals surface area contributed by atoms with Crippen molar-refractivity contribution in [3.63, 3.8) is 0 Å². The second-order valence-electron chi connectivity index (χ2n) is 7.36. The van der Waals surface area contributed by atoms with E-state index in [1.807, 2.05) is 0 Å². The summed E-state index contributed by atoms with van der Waals surface area (Å²) in [4.78, 5) is 0. The van der Waals surface area contributed by atoms with Gasteiger partial charge in [-0.3, -0.25) is 0 Å². The van der Waals surface area contributed by atoms with E-state index in [0.717, 1.165) is 12.5 Å². The Morgan fingerprint density at radius 1 is 1.00 bits per heavy atom. The van der Waals surface area contributed by atoms with Gasteiger partial charge in [0.25, 0.3) is 0 Å². The quantitative estimate of drug-likeness (QED) is 0.683. The van der Waals surface area contributed by atoms with Gasteiger partial charge in [0.15, 0.2) is 0 Å². The average molecular weight is 195 g/mol. The molecule has 0 heterocycles. The summed E-state index contributed by atoms with van der Waals surface area (Å²) in [5.41, 5.74) is 7.52. The zero-order valence-corrected chi connectivity index (χ0v) is 10.2. The fourth-order valence-electron chi connectivity index (χ4n) is 4.59. The maximum atomic E-state index is 5.82. The molecule has 2 aliphatic carbocycles. The van der Waals surface area contributed by atoms with Crippen molar-refractivity contribution < 1.29 is 0 Å². The number of hydrogen-bond acceptors (Lipinski definition) is 1. The highest BCUT2D eigenvalue weighted by atomic mass is 14.7. The summed E-state index contributed by atoms with van der Waals surface area (Å²) in [7, 11) is 0. The third-order valence-corrected chi connectivity index (χ3v) is 4.26. The molecule has 2 aliphatic rings. The largest absolute Gasteiger partial charge is 0.330 e. The van der Waals surface area contributed by atoms with Crippen molar-refractivity contribution in [1.82, 2.24) is 0 Å². The van der Waals surface area contributed by atoms with Crippen LogP contribution in [0, 0.1) is 22.2 Å². The minimum atomic E-state index is 0.533. The molecule has 1 spiro atoms. The maximum absolute atomic E-state index is 5.82. The Hall–Kier alpha value is -0.0400. The average Bonchev–Trinajstić information content (AvgIpc) is 2.54. The van der Waals surface area contributed by atoms with Crippen LogP contribution in [0.4, 0.5) is 0 Å². The van der Waals surface area contributed by atoms with Crippen LogP contribution in [0.15, 0.2) is 0 Å². The second kappa shape index (κ2) is 2.75. The molecule has 0 aromatic rings. The van der Waals surface area contributed by atoms with Crippen molar-refractivity contribution in [3.8, 4) is 0 Å². The van der Waals surface area contributed by atoms with Gasteiger partial charge < -0.3 is 5.73 Å². The Morgan fingerprint density at radius 3 is 1.86 bits per heavy atom. The summed E-state index contributed by atoms with van der Waals surface area (Å²) in [6.07, 6.45) is 5.59. The van der Waals surface area contributed by atoms with E-state index in [9.17, 15) is 0 Å². The summed E-state index contributed by atoms with van der Waals surface area (Å²) in [5, 5.41) is 0. The van der Waals surface area contributed by atoms with Gasteiger partial charge in [-0.15, -0.1) is 0 Å². The van der Waals surface area contributed by atoms with Crippen LogP contribution in [0.3, 0.4) is 0 Å². The van der Waals surface area contributed by atoms with Gasteiger partial charge in [-0.05, 0) is 54.4 Å². The molecule has 1 nitrogen and oxygen atoms in total. The molecule has 2 N–H and O–H groups in total. The van der Waals surface area contributed by atoms with Gasteiger partial charge >= 0.3 is 0 Å². The standard InChI is InChI=1S/C13H25N/c1-11(2)7-12(3,4)9-13(8-11)5-10(13)6-14/h10H,5-9,14H2,1-4H3. The first-order valence-electron chi connectivity index (χ1n) is 5.99. The summed E-state index contributed by atoms with van der Waals surface area (Å²) >= 11 is 0. The summed E-state index contributed by atoms with van der Waals surface area (Å²) in [5.74, 6) is 0.835. The topological polar surface area (TPSA) is 26.0 Å². The van der Waals surface area contributed by atoms with Crippen LogP contribution < -0.4 is 5.73 Å². The van der Waals surface area contributed by atoms with Crippen molar-refractivity contribution in [3.05, 3.63) is 0 Å². The molecular formula is C13H25N. The van der Waals surface area contributed by atoms with E-state index in [0.29, 0.717) is 16.2 Å². The maximum Gasteiger partial charge on any atom is -0.00433 e. The normalized spacial score (nSPS) is 37.1. The van der Waals surface area contributed by atoms with Crippen LogP contribution >= 0.6 is 0 Å². The smallest absolute Gasteiger partial charge is 0.00433 e. The zero-order chi connectivity index (χ0) is 10.6. The van der Waals surface area contributed by atoms with Crippen LogP contribution in [0.1, 0.15) is 53.4 Å². The molecule has 0 aromatic heterocycles. The van der Waals surface area contributed by atoms with Crippen molar-refractivity contribution in [2.45, 2.75) is 53.4 Å². The van der Waals surface area contributed by atoms with Gasteiger partial charge in [-0.25, -0.2) is 0 Å². The lowest BCUT2D eigenvalue weighted by molar-refractivity contribution is 0.0473. The molecule has 1 unspecified atom stereocenters. The Labute approximate surface area is 88.4 Å². The highest BCUT2D eigenvalue weighted by Gasteiger charge is 2.59. The SMILES string of the molecule is CC1(C)CC(C)(C)CC2(CC2CN)C1. The minimum Gasteiger partial charge on any atom is -0.330 e. The fourth-order valence-corrected chi connectivity index (χ4v) is 4.59. The summed E-state index contributed by atoms with van der Waals surface area (Å²) in [6.45, 7) is 10.6. The summed E-state index contributed by atoms with van der Waals surface area (Å²) in [6, 6.07) is 0. The molecule has 82 valence electrons. The molecule has 0 bridgehead atoms. The van der Waals surface area contributed by atoms with E-state index in [1.54, 1.807) is 0 Å². The highest BCUT2D eigenvalue weighted by Crippen LogP contribution is 2.68. The van der Waals surface area contributed by atoms with Gasteiger partial charge in [-0.2, -0.15) is 0 Å². The predicted octanol–water partition coefficient (Wildman–Crippen LogP) is 3.19. The summed E-state index contributed by atoms with van der Waals surface area (Å²) < 4.78 is 0. The number of hydrogen-bond donors (Lipinski definition) is 1. The molecule has 2 fully saturated rings. The molecule has 2 saturated carbocycles. The van der Waals surface area contributed by atoms with Crippen molar-refractivity contribution >= 4 is 0 Å². The van der Waals surface area contributed by atoms with E-state index in [4.69, 9.17) is 5.73 Å². The molecule has 14 heavy (non-hydrogen) atoms. The highest BCUT2D eigenvalue weighted by molar-refractivity contribution is 5.10. The van der Waals surface area contributed by atoms with Crippen molar-refractivity contribution in [1.29, 1.82) is 0 Å². The second-order valence-corrected chi connectivity index (χ2v) is 7.36. The van der Waals surface area contributed by atoms with Gasteiger partial charge in [0.1, 0.15) is 0 Å². The first-order valence-corrected chi connectivity index (χ1v) is 5.99. The molecule has 0 radical (unpaired) electrons. The first kappa shape index (κ1) is 10.5. The van der Waals surface area contributed by atoms with Crippen LogP contribution in [0.25, 0.3) is 0 Å². The van der Waals surface area contributed by atoms with Gasteiger partial charge in [-0.1, -0.05) is 27.7 Å². The first-order chi connectivity index (χ1) is 6.29. The van der Waals surface area contributed by atoms with E-state index >= 15 is 0 Å². The lowest BCUT2D eigenvalue weighted by Gasteiger charge is -2.46. The van der Waals surface area contributed by atoms with Crippen LogP contribution in [0.2, 0.25) is 0 Å². The van der Waals surface area contributed by atoms with E-state index < -0.39 is 0 Å². The van der Waals surface area contributed by atoms with Gasteiger partial charge in [0.2, 0.25) is 0 Å². The molecule has 2 rings (SSSR count).